The molecular formula is C18H23N7O3. The van der Waals surface area contributed by atoms with E-state index in [2.05, 4.69) is 15.4 Å². The summed E-state index contributed by atoms with van der Waals surface area (Å²) >= 11 is 0. The maximum absolute atomic E-state index is 12.4. The Hall–Kier alpha value is -3.17. The van der Waals surface area contributed by atoms with Gasteiger partial charge in [0.2, 0.25) is 5.91 Å². The number of aryl methyl sites for hydroxylation is 2. The van der Waals surface area contributed by atoms with Crippen molar-refractivity contribution in [1.29, 1.82) is 0 Å². The first-order valence-corrected chi connectivity index (χ1v) is 9.38. The maximum Gasteiger partial charge on any atom is 0.332 e. The average molecular weight is 385 g/mol. The van der Waals surface area contributed by atoms with Crippen LogP contribution in [0.15, 0.2) is 22.1 Å². The Morgan fingerprint density at radius 1 is 1.18 bits per heavy atom. The molecule has 1 aliphatic rings. The van der Waals surface area contributed by atoms with Gasteiger partial charge in [0.1, 0.15) is 6.54 Å². The lowest BCUT2D eigenvalue weighted by Gasteiger charge is -2.14. The number of aromatic nitrogens is 6. The lowest BCUT2D eigenvalue weighted by molar-refractivity contribution is -0.121. The first-order chi connectivity index (χ1) is 13.5. The van der Waals surface area contributed by atoms with E-state index in [-0.39, 0.29) is 23.6 Å². The topological polar surface area (TPSA) is 109 Å². The van der Waals surface area contributed by atoms with Crippen LogP contribution in [0, 0.1) is 0 Å². The molecule has 1 aliphatic carbocycles. The molecule has 10 heteroatoms. The van der Waals surface area contributed by atoms with Crippen molar-refractivity contribution in [1.82, 2.24) is 33.8 Å². The van der Waals surface area contributed by atoms with E-state index in [0.717, 1.165) is 17.4 Å². The molecule has 0 bridgehead atoms. The maximum atomic E-state index is 12.4. The van der Waals surface area contributed by atoms with E-state index in [1.54, 1.807) is 7.05 Å². The Balaban J connectivity index is 1.44. The Morgan fingerprint density at radius 2 is 1.96 bits per heavy atom. The molecule has 1 N–H and O–H groups in total. The van der Waals surface area contributed by atoms with Gasteiger partial charge in [-0.05, 0) is 31.2 Å². The molecule has 0 aromatic carbocycles. The van der Waals surface area contributed by atoms with E-state index >= 15 is 0 Å². The Kier molecular flexibility index (Phi) is 4.62. The molecule has 3 heterocycles. The molecule has 0 spiro atoms. The molecule has 3 aromatic rings. The number of carbonyl (C=O) groups is 1. The Bertz CT molecular complexity index is 1160. The van der Waals surface area contributed by atoms with Gasteiger partial charge < -0.3 is 9.88 Å². The summed E-state index contributed by atoms with van der Waals surface area (Å²) in [5.41, 5.74) is 2.17. The summed E-state index contributed by atoms with van der Waals surface area (Å²) in [5.74, 6) is -0.226. The minimum atomic E-state index is -0.466. The van der Waals surface area contributed by atoms with Crippen molar-refractivity contribution in [3.05, 3.63) is 44.6 Å². The zero-order valence-electron chi connectivity index (χ0n) is 16.0. The summed E-state index contributed by atoms with van der Waals surface area (Å²) in [6, 6.07) is 0. The van der Waals surface area contributed by atoms with Crippen LogP contribution in [0.2, 0.25) is 0 Å². The highest BCUT2D eigenvalue weighted by atomic mass is 16.2. The van der Waals surface area contributed by atoms with Crippen molar-refractivity contribution in [3.8, 4) is 0 Å². The third-order valence-corrected chi connectivity index (χ3v) is 5.32. The van der Waals surface area contributed by atoms with E-state index in [0.29, 0.717) is 13.1 Å². The Labute approximate surface area is 160 Å². The molecule has 0 atom stereocenters. The van der Waals surface area contributed by atoms with Gasteiger partial charge >= 0.3 is 5.69 Å². The predicted molar refractivity (Wildman–Crippen MR) is 102 cm³/mol. The number of nitrogens with one attached hydrogen (secondary N) is 1. The fraction of sp³-hybridized carbons (Fsp3) is 0.500. The largest absolute Gasteiger partial charge is 0.353 e. The SMILES string of the molecule is Cn1c(=O)c2c(ncn2CC(=O)NCCn2ncc3c2CCCC3)n(C)c1=O. The Morgan fingerprint density at radius 3 is 2.79 bits per heavy atom. The molecule has 28 heavy (non-hydrogen) atoms. The van der Waals surface area contributed by atoms with Crippen molar-refractivity contribution in [2.45, 2.75) is 38.8 Å². The number of hydrogen-bond donors (Lipinski definition) is 1. The number of carbonyl (C=O) groups excluding carboxylic acids is 1. The molecule has 0 saturated carbocycles. The highest BCUT2D eigenvalue weighted by Crippen LogP contribution is 2.20. The zero-order chi connectivity index (χ0) is 19.8. The lowest BCUT2D eigenvalue weighted by Crippen LogP contribution is -2.38. The highest BCUT2D eigenvalue weighted by molar-refractivity contribution is 5.78. The van der Waals surface area contributed by atoms with Crippen molar-refractivity contribution < 1.29 is 4.79 Å². The third-order valence-electron chi connectivity index (χ3n) is 5.32. The van der Waals surface area contributed by atoms with Crippen molar-refractivity contribution in [2.75, 3.05) is 6.54 Å². The summed E-state index contributed by atoms with van der Waals surface area (Å²) < 4.78 is 5.75. The monoisotopic (exact) mass is 385 g/mol. The predicted octanol–water partition coefficient (Wildman–Crippen LogP) is -0.675. The molecule has 1 amide bonds. The van der Waals surface area contributed by atoms with Gasteiger partial charge in [-0.15, -0.1) is 0 Å². The van der Waals surface area contributed by atoms with E-state index in [1.807, 2.05) is 10.9 Å². The van der Waals surface area contributed by atoms with E-state index in [9.17, 15) is 14.4 Å². The molecule has 4 rings (SSSR count). The molecule has 3 aromatic heterocycles. The van der Waals surface area contributed by atoms with Crippen LogP contribution in [0.5, 0.6) is 0 Å². The van der Waals surface area contributed by atoms with Gasteiger partial charge in [0, 0.05) is 26.3 Å². The summed E-state index contributed by atoms with van der Waals surface area (Å²) in [6.07, 6.45) is 7.83. The number of nitrogens with zero attached hydrogens (tertiary/aromatic N) is 6. The number of imidazole rings is 1. The summed E-state index contributed by atoms with van der Waals surface area (Å²) in [6.45, 7) is 1.03. The molecule has 0 unspecified atom stereocenters. The van der Waals surface area contributed by atoms with Gasteiger partial charge in [-0.2, -0.15) is 5.10 Å². The van der Waals surface area contributed by atoms with Crippen LogP contribution in [-0.2, 0) is 44.8 Å². The number of amides is 1. The molecule has 0 saturated heterocycles. The van der Waals surface area contributed by atoms with Gasteiger partial charge in [-0.25, -0.2) is 9.78 Å². The quantitative estimate of drug-likeness (QED) is 0.626. The second kappa shape index (κ2) is 7.10. The second-order valence-electron chi connectivity index (χ2n) is 7.15. The first kappa shape index (κ1) is 18.2. The van der Waals surface area contributed by atoms with Crippen molar-refractivity contribution in [3.63, 3.8) is 0 Å². The highest BCUT2D eigenvalue weighted by Gasteiger charge is 2.17. The molecule has 0 aliphatic heterocycles. The van der Waals surface area contributed by atoms with Crippen LogP contribution in [0.1, 0.15) is 24.1 Å². The average Bonchev–Trinajstić information content (AvgIpc) is 3.29. The fourth-order valence-electron chi connectivity index (χ4n) is 3.78. The summed E-state index contributed by atoms with van der Waals surface area (Å²) in [7, 11) is 2.96. The van der Waals surface area contributed by atoms with Crippen LogP contribution >= 0.6 is 0 Å². The van der Waals surface area contributed by atoms with Gasteiger partial charge in [0.05, 0.1) is 19.1 Å². The van der Waals surface area contributed by atoms with Crippen molar-refractivity contribution >= 4 is 17.1 Å². The minimum absolute atomic E-state index is 0.0405. The van der Waals surface area contributed by atoms with Crippen LogP contribution in [0.3, 0.4) is 0 Å². The van der Waals surface area contributed by atoms with Crippen LogP contribution in [0.4, 0.5) is 0 Å². The molecule has 148 valence electrons. The van der Waals surface area contributed by atoms with E-state index < -0.39 is 11.2 Å². The third kappa shape index (κ3) is 3.04. The van der Waals surface area contributed by atoms with Crippen LogP contribution < -0.4 is 16.6 Å². The lowest BCUT2D eigenvalue weighted by atomic mass is 9.98. The van der Waals surface area contributed by atoms with Crippen LogP contribution in [-0.4, -0.2) is 40.9 Å². The van der Waals surface area contributed by atoms with Crippen molar-refractivity contribution in [2.24, 2.45) is 14.1 Å². The molecule has 0 fully saturated rings. The van der Waals surface area contributed by atoms with Crippen LogP contribution in [0.25, 0.3) is 11.2 Å². The molecule has 0 radical (unpaired) electrons. The minimum Gasteiger partial charge on any atom is -0.353 e. The normalized spacial score (nSPS) is 13.6. The van der Waals surface area contributed by atoms with Gasteiger partial charge in [0.15, 0.2) is 11.2 Å². The number of hydrogen-bond acceptors (Lipinski definition) is 5. The summed E-state index contributed by atoms with van der Waals surface area (Å²) in [4.78, 5) is 40.9. The van der Waals surface area contributed by atoms with E-state index in [1.165, 1.54) is 46.6 Å². The standard InChI is InChI=1S/C18H23N7O3/c1-22-16-15(17(27)23(2)18(22)28)24(11-20-16)10-14(26)19-7-8-25-13-6-4-3-5-12(13)9-21-25/h9,11H,3-8,10H2,1-2H3,(H,19,26). The fourth-order valence-corrected chi connectivity index (χ4v) is 3.78. The smallest absolute Gasteiger partial charge is 0.332 e. The number of rotatable bonds is 5. The van der Waals surface area contributed by atoms with Gasteiger partial charge in [-0.1, -0.05) is 0 Å². The number of fused-ring (bicyclic) bond motifs is 2. The van der Waals surface area contributed by atoms with Gasteiger partial charge in [-0.3, -0.25) is 23.4 Å². The second-order valence-corrected chi connectivity index (χ2v) is 7.15. The summed E-state index contributed by atoms with van der Waals surface area (Å²) in [5, 5.41) is 7.29. The zero-order valence-corrected chi connectivity index (χ0v) is 16.0. The van der Waals surface area contributed by atoms with Gasteiger partial charge in [0.25, 0.3) is 5.56 Å². The first-order valence-electron chi connectivity index (χ1n) is 9.38. The van der Waals surface area contributed by atoms with E-state index in [4.69, 9.17) is 0 Å². The molecular weight excluding hydrogens is 362 g/mol. The molecule has 10 nitrogen and oxygen atoms in total.